The van der Waals surface area contributed by atoms with E-state index in [-0.39, 0.29) is 12.2 Å². The van der Waals surface area contributed by atoms with Crippen molar-refractivity contribution in [2.24, 2.45) is 0 Å². The van der Waals surface area contributed by atoms with E-state index in [1.807, 2.05) is 22.6 Å². The van der Waals surface area contributed by atoms with Crippen molar-refractivity contribution >= 4 is 28.6 Å². The van der Waals surface area contributed by atoms with Gasteiger partial charge in [0, 0.05) is 3.57 Å². The number of aromatic carboxylic acids is 1. The molecule has 1 rings (SSSR count). The third kappa shape index (κ3) is 1.95. The molecule has 0 bridgehead atoms. The molecule has 0 unspecified atom stereocenters. The van der Waals surface area contributed by atoms with Crippen LogP contribution in [0, 0.1) is 3.57 Å². The summed E-state index contributed by atoms with van der Waals surface area (Å²) in [7, 11) is 0. The number of hydrogen-bond donors (Lipinski definition) is 2. The number of halogens is 1. The highest BCUT2D eigenvalue weighted by Crippen LogP contribution is 2.14. The predicted molar refractivity (Wildman–Crippen MR) is 52.0 cm³/mol. The third-order valence-electron chi connectivity index (χ3n) is 1.45. The molecule has 64 valence electrons. The first-order valence-corrected chi connectivity index (χ1v) is 4.35. The average molecular weight is 278 g/mol. The lowest BCUT2D eigenvalue weighted by Gasteiger charge is -2.00. The molecule has 4 heteroatoms. The van der Waals surface area contributed by atoms with E-state index in [9.17, 15) is 4.79 Å². The number of carbonyl (C=O) groups is 1. The lowest BCUT2D eigenvalue weighted by molar-refractivity contribution is 0.0695. The summed E-state index contributed by atoms with van der Waals surface area (Å²) in [6.07, 6.45) is 0. The Morgan fingerprint density at radius 2 is 2.17 bits per heavy atom. The van der Waals surface area contributed by atoms with Crippen molar-refractivity contribution in [1.82, 2.24) is 0 Å². The Morgan fingerprint density at radius 3 is 2.58 bits per heavy atom. The van der Waals surface area contributed by atoms with Gasteiger partial charge in [-0.2, -0.15) is 0 Å². The molecule has 0 amide bonds. The van der Waals surface area contributed by atoms with E-state index in [0.717, 1.165) is 5.56 Å². The van der Waals surface area contributed by atoms with Crippen LogP contribution in [0.3, 0.4) is 0 Å². The minimum absolute atomic E-state index is 0.0596. The zero-order chi connectivity index (χ0) is 9.14. The molecule has 0 atom stereocenters. The van der Waals surface area contributed by atoms with E-state index in [1.165, 1.54) is 6.07 Å². The van der Waals surface area contributed by atoms with Crippen molar-refractivity contribution in [3.63, 3.8) is 0 Å². The fraction of sp³-hybridized carbons (Fsp3) is 0.125. The summed E-state index contributed by atoms with van der Waals surface area (Å²) < 4.78 is 0.645. The molecular formula is C8H7IO3. The largest absolute Gasteiger partial charge is 0.478 e. The Bertz CT molecular complexity index is 309. The Kier molecular flexibility index (Phi) is 3.05. The van der Waals surface area contributed by atoms with E-state index in [0.29, 0.717) is 3.57 Å². The van der Waals surface area contributed by atoms with Gasteiger partial charge in [0.15, 0.2) is 0 Å². The van der Waals surface area contributed by atoms with Gasteiger partial charge < -0.3 is 10.2 Å². The maximum atomic E-state index is 10.6. The maximum Gasteiger partial charge on any atom is 0.336 e. The molecule has 0 aliphatic heterocycles. The van der Waals surface area contributed by atoms with Crippen molar-refractivity contribution in [2.45, 2.75) is 6.61 Å². The fourth-order valence-electron chi connectivity index (χ4n) is 0.830. The predicted octanol–water partition coefficient (Wildman–Crippen LogP) is 1.48. The summed E-state index contributed by atoms with van der Waals surface area (Å²) in [5, 5.41) is 17.4. The average Bonchev–Trinajstić information content (AvgIpc) is 2.03. The summed E-state index contributed by atoms with van der Waals surface area (Å²) in [4.78, 5) is 10.6. The lowest BCUT2D eigenvalue weighted by Crippen LogP contribution is -2.00. The van der Waals surface area contributed by atoms with Gasteiger partial charge in [-0.15, -0.1) is 0 Å². The van der Waals surface area contributed by atoms with Gasteiger partial charge in [0.25, 0.3) is 0 Å². The van der Waals surface area contributed by atoms with Gasteiger partial charge in [-0.1, -0.05) is 6.07 Å². The fourth-order valence-corrected chi connectivity index (χ4v) is 1.64. The number of carboxylic acids is 1. The Labute approximate surface area is 83.2 Å². The van der Waals surface area contributed by atoms with Crippen molar-refractivity contribution in [1.29, 1.82) is 0 Å². The summed E-state index contributed by atoms with van der Waals surface area (Å²) in [5.74, 6) is -0.941. The van der Waals surface area contributed by atoms with Crippen LogP contribution in [0.5, 0.6) is 0 Å². The van der Waals surface area contributed by atoms with Gasteiger partial charge in [0.2, 0.25) is 0 Å². The SMILES string of the molecule is O=C(O)c1ccc(CO)cc1I. The number of benzene rings is 1. The van der Waals surface area contributed by atoms with E-state index in [2.05, 4.69) is 0 Å². The number of hydrogen-bond acceptors (Lipinski definition) is 2. The molecule has 3 nitrogen and oxygen atoms in total. The number of carboxylic acid groups (broad SMARTS) is 1. The van der Waals surface area contributed by atoms with E-state index in [1.54, 1.807) is 12.1 Å². The molecule has 0 fully saturated rings. The normalized spacial score (nSPS) is 9.83. The summed E-state index contributed by atoms with van der Waals surface area (Å²) in [5.41, 5.74) is 0.997. The van der Waals surface area contributed by atoms with Gasteiger partial charge in [0.05, 0.1) is 12.2 Å². The van der Waals surface area contributed by atoms with Crippen LogP contribution in [0.15, 0.2) is 18.2 Å². The molecule has 0 aromatic heterocycles. The van der Waals surface area contributed by atoms with E-state index < -0.39 is 5.97 Å². The monoisotopic (exact) mass is 278 g/mol. The van der Waals surface area contributed by atoms with Gasteiger partial charge in [0.1, 0.15) is 0 Å². The standard InChI is InChI=1S/C8H7IO3/c9-7-3-5(4-10)1-2-6(7)8(11)12/h1-3,10H,4H2,(H,11,12). The molecule has 0 radical (unpaired) electrons. The molecule has 0 spiro atoms. The zero-order valence-electron chi connectivity index (χ0n) is 6.12. The molecular weight excluding hydrogens is 271 g/mol. The smallest absolute Gasteiger partial charge is 0.336 e. The minimum Gasteiger partial charge on any atom is -0.478 e. The first kappa shape index (κ1) is 9.47. The topological polar surface area (TPSA) is 57.5 Å². The highest BCUT2D eigenvalue weighted by atomic mass is 127. The van der Waals surface area contributed by atoms with Gasteiger partial charge in [-0.25, -0.2) is 4.79 Å². The quantitative estimate of drug-likeness (QED) is 0.806. The van der Waals surface area contributed by atoms with Crippen molar-refractivity contribution < 1.29 is 15.0 Å². The van der Waals surface area contributed by atoms with Crippen LogP contribution in [0.25, 0.3) is 0 Å². The molecule has 0 saturated heterocycles. The summed E-state index contributed by atoms with van der Waals surface area (Å²) in [6, 6.07) is 4.76. The van der Waals surface area contributed by atoms with Gasteiger partial charge in [-0.05, 0) is 40.3 Å². The van der Waals surface area contributed by atoms with Crippen molar-refractivity contribution in [3.05, 3.63) is 32.9 Å². The first-order valence-electron chi connectivity index (χ1n) is 3.27. The molecule has 1 aromatic carbocycles. The van der Waals surface area contributed by atoms with Crippen LogP contribution in [-0.4, -0.2) is 16.2 Å². The molecule has 0 heterocycles. The highest BCUT2D eigenvalue weighted by molar-refractivity contribution is 14.1. The van der Waals surface area contributed by atoms with E-state index in [4.69, 9.17) is 10.2 Å². The maximum absolute atomic E-state index is 10.6. The van der Waals surface area contributed by atoms with Crippen LogP contribution in [0.1, 0.15) is 15.9 Å². The Morgan fingerprint density at radius 1 is 1.50 bits per heavy atom. The second kappa shape index (κ2) is 3.86. The molecule has 0 saturated carbocycles. The first-order chi connectivity index (χ1) is 5.65. The van der Waals surface area contributed by atoms with Crippen LogP contribution >= 0.6 is 22.6 Å². The summed E-state index contributed by atoms with van der Waals surface area (Å²) >= 11 is 1.93. The van der Waals surface area contributed by atoms with Gasteiger partial charge >= 0.3 is 5.97 Å². The molecule has 12 heavy (non-hydrogen) atoms. The second-order valence-corrected chi connectivity index (χ2v) is 3.44. The lowest BCUT2D eigenvalue weighted by atomic mass is 10.1. The number of aliphatic hydroxyl groups is 1. The zero-order valence-corrected chi connectivity index (χ0v) is 8.28. The molecule has 1 aromatic rings. The Hall–Kier alpha value is -0.620. The highest BCUT2D eigenvalue weighted by Gasteiger charge is 2.07. The molecule has 0 aliphatic carbocycles. The second-order valence-electron chi connectivity index (χ2n) is 2.28. The molecule has 0 aliphatic rings. The third-order valence-corrected chi connectivity index (χ3v) is 2.34. The van der Waals surface area contributed by atoms with Crippen molar-refractivity contribution in [2.75, 3.05) is 0 Å². The number of aliphatic hydroxyl groups excluding tert-OH is 1. The van der Waals surface area contributed by atoms with Crippen molar-refractivity contribution in [3.8, 4) is 0 Å². The van der Waals surface area contributed by atoms with E-state index >= 15 is 0 Å². The number of rotatable bonds is 2. The van der Waals surface area contributed by atoms with Crippen LogP contribution in [-0.2, 0) is 6.61 Å². The van der Waals surface area contributed by atoms with Gasteiger partial charge in [-0.3, -0.25) is 0 Å². The van der Waals surface area contributed by atoms with Crippen LogP contribution in [0.2, 0.25) is 0 Å². The summed E-state index contributed by atoms with van der Waals surface area (Å²) in [6.45, 7) is -0.0596. The minimum atomic E-state index is -0.941. The van der Waals surface area contributed by atoms with Crippen LogP contribution < -0.4 is 0 Å². The molecule has 2 N–H and O–H groups in total. The Balaban J connectivity index is 3.12. The van der Waals surface area contributed by atoms with Crippen LogP contribution in [0.4, 0.5) is 0 Å².